The number of anilines is 2. The average Bonchev–Trinajstić information content (AvgIpc) is 3.51. The Morgan fingerprint density at radius 2 is 1.59 bits per heavy atom. The molecule has 0 bridgehead atoms. The molecule has 2 saturated heterocycles. The largest absolute Gasteiger partial charge is 0.376 e. The number of urea groups is 1. The SMILES string of the molecule is O=C(NCC1CCCO1)Nc1ccc(NC(=O)C2CCCN2C(=O)C2CCCCC2)cc1. The maximum atomic E-state index is 12.9. The second-order valence-electron chi connectivity index (χ2n) is 9.06. The second kappa shape index (κ2) is 10.8. The number of amides is 4. The summed E-state index contributed by atoms with van der Waals surface area (Å²) in [5, 5.41) is 8.54. The summed E-state index contributed by atoms with van der Waals surface area (Å²) in [5.41, 5.74) is 1.29. The zero-order chi connectivity index (χ0) is 22.3. The average molecular weight is 443 g/mol. The molecule has 0 spiro atoms. The van der Waals surface area contributed by atoms with E-state index in [0.29, 0.717) is 30.9 Å². The van der Waals surface area contributed by atoms with Crippen LogP contribution in [0.5, 0.6) is 0 Å². The lowest BCUT2D eigenvalue weighted by Gasteiger charge is -2.30. The molecule has 0 aromatic heterocycles. The first kappa shape index (κ1) is 22.6. The molecule has 4 rings (SSSR count). The standard InChI is InChI=1S/C24H34N4O4/c29-22(21-9-4-14-28(21)23(30)17-6-2-1-3-7-17)26-18-10-12-19(13-11-18)27-24(31)25-16-20-8-5-15-32-20/h10-13,17,20-21H,1-9,14-16H2,(H,26,29)(H2,25,27,31). The van der Waals surface area contributed by atoms with Crippen molar-refractivity contribution in [1.82, 2.24) is 10.2 Å². The number of nitrogens with zero attached hydrogens (tertiary/aromatic N) is 1. The quantitative estimate of drug-likeness (QED) is 0.628. The summed E-state index contributed by atoms with van der Waals surface area (Å²) in [4.78, 5) is 39.7. The van der Waals surface area contributed by atoms with Gasteiger partial charge in [-0.05, 0) is 62.8 Å². The van der Waals surface area contributed by atoms with Gasteiger partial charge in [-0.25, -0.2) is 4.79 Å². The lowest BCUT2D eigenvalue weighted by Crippen LogP contribution is -2.46. The third-order valence-electron chi connectivity index (χ3n) is 6.72. The fourth-order valence-corrected chi connectivity index (χ4v) is 4.94. The number of benzene rings is 1. The molecular weight excluding hydrogens is 408 g/mol. The van der Waals surface area contributed by atoms with Gasteiger partial charge < -0.3 is 25.6 Å². The second-order valence-corrected chi connectivity index (χ2v) is 9.06. The van der Waals surface area contributed by atoms with Crippen LogP contribution in [0.25, 0.3) is 0 Å². The van der Waals surface area contributed by atoms with E-state index in [2.05, 4.69) is 16.0 Å². The third-order valence-corrected chi connectivity index (χ3v) is 6.72. The molecule has 4 amide bonds. The van der Waals surface area contributed by atoms with Crippen molar-refractivity contribution in [2.75, 3.05) is 30.3 Å². The Hall–Kier alpha value is -2.61. The Kier molecular flexibility index (Phi) is 7.63. The van der Waals surface area contributed by atoms with Gasteiger partial charge in [0.05, 0.1) is 6.10 Å². The molecule has 2 heterocycles. The molecule has 2 atom stereocenters. The number of hydrogen-bond donors (Lipinski definition) is 3. The number of rotatable bonds is 6. The topological polar surface area (TPSA) is 99.8 Å². The lowest BCUT2D eigenvalue weighted by atomic mass is 9.88. The predicted molar refractivity (Wildman–Crippen MR) is 122 cm³/mol. The molecule has 3 N–H and O–H groups in total. The lowest BCUT2D eigenvalue weighted by molar-refractivity contribution is -0.141. The van der Waals surface area contributed by atoms with E-state index in [9.17, 15) is 14.4 Å². The Labute approximate surface area is 189 Å². The van der Waals surface area contributed by atoms with E-state index in [0.717, 1.165) is 51.6 Å². The Bertz CT molecular complexity index is 801. The van der Waals surface area contributed by atoms with Crippen LogP contribution in [0.3, 0.4) is 0 Å². The van der Waals surface area contributed by atoms with Gasteiger partial charge in [-0.15, -0.1) is 0 Å². The minimum atomic E-state index is -0.397. The van der Waals surface area contributed by atoms with Crippen molar-refractivity contribution in [2.24, 2.45) is 5.92 Å². The van der Waals surface area contributed by atoms with Crippen molar-refractivity contribution < 1.29 is 19.1 Å². The summed E-state index contributed by atoms with van der Waals surface area (Å²) in [5.74, 6) is 0.0893. The molecule has 3 fully saturated rings. The Morgan fingerprint density at radius 3 is 2.28 bits per heavy atom. The van der Waals surface area contributed by atoms with E-state index in [1.807, 2.05) is 0 Å². The maximum Gasteiger partial charge on any atom is 0.319 e. The predicted octanol–water partition coefficient (Wildman–Crippen LogP) is 3.50. The van der Waals surface area contributed by atoms with Gasteiger partial charge in [0.25, 0.3) is 0 Å². The molecule has 1 aliphatic carbocycles. The highest BCUT2D eigenvalue weighted by Crippen LogP contribution is 2.29. The van der Waals surface area contributed by atoms with E-state index >= 15 is 0 Å². The van der Waals surface area contributed by atoms with Gasteiger partial charge in [0, 0.05) is 37.0 Å². The molecule has 0 radical (unpaired) electrons. The number of ether oxygens (including phenoxy) is 1. The highest BCUT2D eigenvalue weighted by molar-refractivity contribution is 5.98. The summed E-state index contributed by atoms with van der Waals surface area (Å²) in [6.45, 7) is 1.92. The van der Waals surface area contributed by atoms with Crippen molar-refractivity contribution in [1.29, 1.82) is 0 Å². The van der Waals surface area contributed by atoms with Crippen LogP contribution >= 0.6 is 0 Å². The summed E-state index contributed by atoms with van der Waals surface area (Å²) in [7, 11) is 0. The Balaban J connectivity index is 1.26. The maximum absolute atomic E-state index is 12.9. The number of carbonyl (C=O) groups is 3. The fraction of sp³-hybridized carbons (Fsp3) is 0.625. The smallest absolute Gasteiger partial charge is 0.319 e. The minimum absolute atomic E-state index is 0.0777. The highest BCUT2D eigenvalue weighted by atomic mass is 16.5. The number of hydrogen-bond acceptors (Lipinski definition) is 4. The van der Waals surface area contributed by atoms with E-state index in [-0.39, 0.29) is 29.9 Å². The number of likely N-dealkylation sites (tertiary alicyclic amines) is 1. The van der Waals surface area contributed by atoms with Crippen LogP contribution in [0.1, 0.15) is 57.8 Å². The monoisotopic (exact) mass is 442 g/mol. The van der Waals surface area contributed by atoms with E-state index < -0.39 is 6.04 Å². The van der Waals surface area contributed by atoms with Gasteiger partial charge in [-0.1, -0.05) is 19.3 Å². The first-order valence-electron chi connectivity index (χ1n) is 12.0. The molecule has 1 aromatic carbocycles. The fourth-order valence-electron chi connectivity index (χ4n) is 4.94. The van der Waals surface area contributed by atoms with Crippen LogP contribution < -0.4 is 16.0 Å². The van der Waals surface area contributed by atoms with Crippen LogP contribution in [0.4, 0.5) is 16.2 Å². The molecule has 2 unspecified atom stereocenters. The molecule has 8 nitrogen and oxygen atoms in total. The van der Waals surface area contributed by atoms with E-state index in [1.165, 1.54) is 6.42 Å². The normalized spacial score (nSPS) is 23.7. The Morgan fingerprint density at radius 1 is 0.875 bits per heavy atom. The van der Waals surface area contributed by atoms with Crippen LogP contribution in [0.2, 0.25) is 0 Å². The van der Waals surface area contributed by atoms with Gasteiger partial charge in [-0.2, -0.15) is 0 Å². The summed E-state index contributed by atoms with van der Waals surface area (Å²) >= 11 is 0. The molecular formula is C24H34N4O4. The third kappa shape index (κ3) is 5.79. The van der Waals surface area contributed by atoms with Crippen LogP contribution in [0.15, 0.2) is 24.3 Å². The van der Waals surface area contributed by atoms with Gasteiger partial charge in [-0.3, -0.25) is 9.59 Å². The molecule has 2 aliphatic heterocycles. The molecule has 1 aromatic rings. The zero-order valence-electron chi connectivity index (χ0n) is 18.6. The first-order valence-corrected chi connectivity index (χ1v) is 12.0. The van der Waals surface area contributed by atoms with Gasteiger partial charge in [0.2, 0.25) is 11.8 Å². The minimum Gasteiger partial charge on any atom is -0.376 e. The molecule has 1 saturated carbocycles. The summed E-state index contributed by atoms with van der Waals surface area (Å²) in [6.07, 6.45) is 8.97. The zero-order valence-corrected chi connectivity index (χ0v) is 18.6. The molecule has 8 heteroatoms. The van der Waals surface area contributed by atoms with Crippen LogP contribution in [-0.4, -0.2) is 54.6 Å². The van der Waals surface area contributed by atoms with Gasteiger partial charge >= 0.3 is 6.03 Å². The first-order chi connectivity index (χ1) is 15.6. The number of nitrogens with one attached hydrogen (secondary N) is 3. The molecule has 32 heavy (non-hydrogen) atoms. The van der Waals surface area contributed by atoms with Gasteiger partial charge in [0.15, 0.2) is 0 Å². The van der Waals surface area contributed by atoms with E-state index in [1.54, 1.807) is 29.2 Å². The highest BCUT2D eigenvalue weighted by Gasteiger charge is 2.37. The van der Waals surface area contributed by atoms with Crippen molar-refractivity contribution >= 4 is 29.2 Å². The summed E-state index contributed by atoms with van der Waals surface area (Å²) < 4.78 is 5.50. The van der Waals surface area contributed by atoms with E-state index in [4.69, 9.17) is 4.74 Å². The summed E-state index contributed by atoms with van der Waals surface area (Å²) in [6, 6.07) is 6.35. The van der Waals surface area contributed by atoms with Crippen LogP contribution in [0, 0.1) is 5.92 Å². The van der Waals surface area contributed by atoms with Crippen LogP contribution in [-0.2, 0) is 14.3 Å². The van der Waals surface area contributed by atoms with Crippen molar-refractivity contribution in [3.05, 3.63) is 24.3 Å². The van der Waals surface area contributed by atoms with Crippen molar-refractivity contribution in [3.63, 3.8) is 0 Å². The number of carbonyl (C=O) groups excluding carboxylic acids is 3. The van der Waals surface area contributed by atoms with Gasteiger partial charge in [0.1, 0.15) is 6.04 Å². The van der Waals surface area contributed by atoms with Crippen molar-refractivity contribution in [3.8, 4) is 0 Å². The van der Waals surface area contributed by atoms with Crippen molar-refractivity contribution in [2.45, 2.75) is 69.9 Å². The molecule has 174 valence electrons. The molecule has 3 aliphatic rings.